The Kier molecular flexibility index (Phi) is 5.45. The molecule has 0 aromatic carbocycles. The smallest absolute Gasteiger partial charge is 0.330 e. The highest BCUT2D eigenvalue weighted by molar-refractivity contribution is 5.78. The molecular formula is C11H21F3N2O. The van der Waals surface area contributed by atoms with E-state index in [2.05, 4.69) is 5.32 Å². The van der Waals surface area contributed by atoms with E-state index in [0.717, 1.165) is 4.90 Å². The Balaban J connectivity index is 4.47. The van der Waals surface area contributed by atoms with Gasteiger partial charge in [0, 0.05) is 11.6 Å². The number of rotatable bonds is 4. The molecule has 0 saturated heterocycles. The predicted octanol–water partition coefficient (Wildman–Crippen LogP) is 2.17. The molecule has 0 aliphatic carbocycles. The lowest BCUT2D eigenvalue weighted by molar-refractivity contribution is -0.164. The molecule has 3 nitrogen and oxygen atoms in total. The van der Waals surface area contributed by atoms with Gasteiger partial charge in [-0.3, -0.25) is 4.79 Å². The van der Waals surface area contributed by atoms with Gasteiger partial charge in [-0.1, -0.05) is 0 Å². The van der Waals surface area contributed by atoms with Crippen molar-refractivity contribution < 1.29 is 18.0 Å². The third-order valence-electron chi connectivity index (χ3n) is 2.06. The Morgan fingerprint density at radius 3 is 2.00 bits per heavy atom. The van der Waals surface area contributed by atoms with Crippen LogP contribution in [0.15, 0.2) is 0 Å². The number of alkyl halides is 3. The van der Waals surface area contributed by atoms with Gasteiger partial charge < -0.3 is 10.2 Å². The second kappa shape index (κ2) is 5.71. The summed E-state index contributed by atoms with van der Waals surface area (Å²) in [6.07, 6.45) is -4.36. The SMILES string of the molecule is CC(C)N(CC(F)(F)F)C(=O)CNC(C)(C)C. The molecule has 0 aromatic heterocycles. The van der Waals surface area contributed by atoms with E-state index in [1.807, 2.05) is 20.8 Å². The molecule has 0 rings (SSSR count). The summed E-state index contributed by atoms with van der Waals surface area (Å²) in [5.41, 5.74) is -0.295. The Hall–Kier alpha value is -0.780. The minimum atomic E-state index is -4.36. The van der Waals surface area contributed by atoms with Crippen LogP contribution in [0, 0.1) is 0 Å². The second-order valence-electron chi connectivity index (χ2n) is 5.33. The van der Waals surface area contributed by atoms with E-state index >= 15 is 0 Å². The number of halogens is 3. The zero-order chi connectivity index (χ0) is 13.9. The topological polar surface area (TPSA) is 32.3 Å². The van der Waals surface area contributed by atoms with Gasteiger partial charge in [0.15, 0.2) is 0 Å². The Morgan fingerprint density at radius 2 is 1.71 bits per heavy atom. The van der Waals surface area contributed by atoms with E-state index < -0.39 is 24.7 Å². The normalized spacial score (nSPS) is 13.0. The maximum Gasteiger partial charge on any atom is 0.406 e. The van der Waals surface area contributed by atoms with Crippen LogP contribution in [0.5, 0.6) is 0 Å². The van der Waals surface area contributed by atoms with Crippen LogP contribution in [0.1, 0.15) is 34.6 Å². The zero-order valence-electron chi connectivity index (χ0n) is 11.0. The molecule has 0 fully saturated rings. The van der Waals surface area contributed by atoms with Crippen LogP contribution in [0.3, 0.4) is 0 Å². The first-order valence-corrected chi connectivity index (χ1v) is 5.53. The number of nitrogens with zero attached hydrogens (tertiary/aromatic N) is 1. The number of hydrogen-bond donors (Lipinski definition) is 1. The van der Waals surface area contributed by atoms with E-state index in [-0.39, 0.29) is 12.1 Å². The first-order valence-electron chi connectivity index (χ1n) is 5.53. The van der Waals surface area contributed by atoms with Crippen LogP contribution < -0.4 is 5.32 Å². The summed E-state index contributed by atoms with van der Waals surface area (Å²) in [6.45, 7) is 7.41. The van der Waals surface area contributed by atoms with Gasteiger partial charge in [-0.15, -0.1) is 0 Å². The fourth-order valence-electron chi connectivity index (χ4n) is 1.19. The molecule has 102 valence electrons. The van der Waals surface area contributed by atoms with Crippen molar-refractivity contribution in [1.82, 2.24) is 10.2 Å². The summed E-state index contributed by atoms with van der Waals surface area (Å²) in [5.74, 6) is -0.535. The summed E-state index contributed by atoms with van der Waals surface area (Å²) in [5, 5.41) is 2.88. The standard InChI is InChI=1S/C11H21F3N2O/c1-8(2)16(7-11(12,13)14)9(17)6-15-10(3,4)5/h8,15H,6-7H2,1-5H3. The molecule has 0 unspecified atom stereocenters. The molecular weight excluding hydrogens is 233 g/mol. The highest BCUT2D eigenvalue weighted by Crippen LogP contribution is 2.18. The van der Waals surface area contributed by atoms with Crippen LogP contribution >= 0.6 is 0 Å². The molecule has 0 bridgehead atoms. The molecule has 1 amide bonds. The minimum Gasteiger partial charge on any atom is -0.330 e. The fourth-order valence-corrected chi connectivity index (χ4v) is 1.19. The number of carbonyl (C=O) groups is 1. The molecule has 1 N–H and O–H groups in total. The maximum atomic E-state index is 12.3. The van der Waals surface area contributed by atoms with Crippen molar-refractivity contribution in [1.29, 1.82) is 0 Å². The van der Waals surface area contributed by atoms with Crippen molar-refractivity contribution in [3.8, 4) is 0 Å². The first-order chi connectivity index (χ1) is 7.42. The quantitative estimate of drug-likeness (QED) is 0.834. The largest absolute Gasteiger partial charge is 0.406 e. The number of carbonyl (C=O) groups excluding carboxylic acids is 1. The van der Waals surface area contributed by atoms with Gasteiger partial charge in [-0.05, 0) is 34.6 Å². The van der Waals surface area contributed by atoms with Gasteiger partial charge in [-0.25, -0.2) is 0 Å². The van der Waals surface area contributed by atoms with Crippen LogP contribution in [0.4, 0.5) is 13.2 Å². The van der Waals surface area contributed by atoms with Crippen molar-refractivity contribution in [3.05, 3.63) is 0 Å². The van der Waals surface area contributed by atoms with Crippen molar-refractivity contribution >= 4 is 5.91 Å². The van der Waals surface area contributed by atoms with E-state index in [4.69, 9.17) is 0 Å². The lowest BCUT2D eigenvalue weighted by atomic mass is 10.1. The third kappa shape index (κ3) is 8.01. The van der Waals surface area contributed by atoms with Crippen molar-refractivity contribution in [3.63, 3.8) is 0 Å². The van der Waals surface area contributed by atoms with Gasteiger partial charge in [-0.2, -0.15) is 13.2 Å². The predicted molar refractivity (Wildman–Crippen MR) is 60.7 cm³/mol. The van der Waals surface area contributed by atoms with Gasteiger partial charge in [0.2, 0.25) is 5.91 Å². The van der Waals surface area contributed by atoms with Crippen molar-refractivity contribution in [2.45, 2.75) is 52.4 Å². The van der Waals surface area contributed by atoms with Crippen LogP contribution in [-0.2, 0) is 4.79 Å². The molecule has 0 heterocycles. The highest BCUT2D eigenvalue weighted by atomic mass is 19.4. The summed E-state index contributed by atoms with van der Waals surface area (Å²) in [4.78, 5) is 12.5. The van der Waals surface area contributed by atoms with E-state index in [9.17, 15) is 18.0 Å². The first kappa shape index (κ1) is 16.2. The van der Waals surface area contributed by atoms with Gasteiger partial charge in [0.25, 0.3) is 0 Å². The lowest BCUT2D eigenvalue weighted by Crippen LogP contribution is -2.49. The monoisotopic (exact) mass is 254 g/mol. The second-order valence-corrected chi connectivity index (χ2v) is 5.33. The minimum absolute atomic E-state index is 0.0856. The molecule has 0 atom stereocenters. The summed E-state index contributed by atoms with van der Waals surface area (Å²) in [6, 6.07) is -0.467. The molecule has 6 heteroatoms. The van der Waals surface area contributed by atoms with E-state index in [0.29, 0.717) is 0 Å². The zero-order valence-corrected chi connectivity index (χ0v) is 11.0. The molecule has 0 radical (unpaired) electrons. The summed E-state index contributed by atoms with van der Waals surface area (Å²) in [7, 11) is 0. The number of amides is 1. The van der Waals surface area contributed by atoms with Gasteiger partial charge in [0.1, 0.15) is 6.54 Å². The van der Waals surface area contributed by atoms with E-state index in [1.165, 1.54) is 0 Å². The lowest BCUT2D eigenvalue weighted by Gasteiger charge is -2.29. The molecule has 0 saturated carbocycles. The highest BCUT2D eigenvalue weighted by Gasteiger charge is 2.34. The number of hydrogen-bond acceptors (Lipinski definition) is 2. The summed E-state index contributed by atoms with van der Waals surface area (Å²) < 4.78 is 36.9. The molecule has 0 aromatic rings. The van der Waals surface area contributed by atoms with Gasteiger partial charge >= 0.3 is 6.18 Å². The maximum absolute atomic E-state index is 12.3. The molecule has 17 heavy (non-hydrogen) atoms. The Bertz CT molecular complexity index is 256. The van der Waals surface area contributed by atoms with Crippen molar-refractivity contribution in [2.24, 2.45) is 0 Å². The van der Waals surface area contributed by atoms with Crippen molar-refractivity contribution in [2.75, 3.05) is 13.1 Å². The third-order valence-corrected chi connectivity index (χ3v) is 2.06. The number of nitrogens with one attached hydrogen (secondary N) is 1. The fraction of sp³-hybridized carbons (Fsp3) is 0.909. The Morgan fingerprint density at radius 1 is 1.24 bits per heavy atom. The van der Waals surface area contributed by atoms with Crippen LogP contribution in [0.2, 0.25) is 0 Å². The molecule has 0 aliphatic heterocycles. The summed E-state index contributed by atoms with van der Waals surface area (Å²) >= 11 is 0. The average molecular weight is 254 g/mol. The molecule has 0 spiro atoms. The van der Waals surface area contributed by atoms with Gasteiger partial charge in [0.05, 0.1) is 6.54 Å². The van der Waals surface area contributed by atoms with Crippen LogP contribution in [0.25, 0.3) is 0 Å². The molecule has 0 aliphatic rings. The Labute approximate surface area is 100 Å². The van der Waals surface area contributed by atoms with E-state index in [1.54, 1.807) is 13.8 Å². The average Bonchev–Trinajstić information content (AvgIpc) is 2.07. The van der Waals surface area contributed by atoms with Crippen LogP contribution in [-0.4, -0.2) is 41.7 Å².